The highest BCUT2D eigenvalue weighted by molar-refractivity contribution is 8.13. The Labute approximate surface area is 108 Å². The topological polar surface area (TPSA) is 86.1 Å². The summed E-state index contributed by atoms with van der Waals surface area (Å²) in [7, 11) is 0. The molecule has 2 rings (SSSR count). The molecule has 1 aliphatic heterocycles. The van der Waals surface area contributed by atoms with Crippen LogP contribution in [0.15, 0.2) is 35.4 Å². The molecule has 0 spiro atoms. The van der Waals surface area contributed by atoms with Gasteiger partial charge in [0.25, 0.3) is 5.24 Å². The summed E-state index contributed by atoms with van der Waals surface area (Å²) < 4.78 is 0. The van der Waals surface area contributed by atoms with Crippen LogP contribution >= 0.6 is 11.8 Å². The van der Waals surface area contributed by atoms with Crippen molar-refractivity contribution in [3.05, 3.63) is 46.3 Å². The zero-order valence-electron chi connectivity index (χ0n) is 9.39. The fourth-order valence-electron chi connectivity index (χ4n) is 1.79. The molecule has 1 aromatic carbocycles. The van der Waals surface area contributed by atoms with Crippen molar-refractivity contribution in [3.8, 4) is 0 Å². The maximum absolute atomic E-state index is 11.8. The molecule has 18 heavy (non-hydrogen) atoms. The Morgan fingerprint density at radius 1 is 1.50 bits per heavy atom. The molecule has 1 heterocycles. The Morgan fingerprint density at radius 2 is 2.22 bits per heavy atom. The lowest BCUT2D eigenvalue weighted by atomic mass is 10.1. The fourth-order valence-corrected chi connectivity index (χ4v) is 2.80. The van der Waals surface area contributed by atoms with Crippen molar-refractivity contribution >= 4 is 22.9 Å². The Hall–Kier alpha value is -1.98. The quantitative estimate of drug-likeness (QED) is 0.476. The number of carbonyl (C=O) groups is 2. The van der Waals surface area contributed by atoms with Gasteiger partial charge in [-0.2, -0.15) is 0 Å². The van der Waals surface area contributed by atoms with E-state index in [0.717, 1.165) is 17.3 Å². The first-order chi connectivity index (χ1) is 8.74. The molecule has 1 saturated heterocycles. The van der Waals surface area contributed by atoms with E-state index in [0.29, 0.717) is 5.75 Å². The maximum atomic E-state index is 11.8. The van der Waals surface area contributed by atoms with Crippen molar-refractivity contribution in [2.75, 3.05) is 12.3 Å². The second-order valence-electron chi connectivity index (χ2n) is 3.66. The van der Waals surface area contributed by atoms with E-state index in [2.05, 4.69) is 10.0 Å². The van der Waals surface area contributed by atoms with Gasteiger partial charge in [-0.25, -0.2) is 0 Å². The number of nitrogens with zero attached hydrogens (tertiary/aromatic N) is 4. The van der Waals surface area contributed by atoms with Crippen LogP contribution in [0.3, 0.4) is 0 Å². The van der Waals surface area contributed by atoms with Crippen LogP contribution in [0.2, 0.25) is 0 Å². The maximum Gasteiger partial charge on any atom is 0.288 e. The second-order valence-corrected chi connectivity index (χ2v) is 4.63. The van der Waals surface area contributed by atoms with Crippen molar-refractivity contribution < 1.29 is 9.59 Å². The minimum Gasteiger partial charge on any atom is -0.274 e. The predicted molar refractivity (Wildman–Crippen MR) is 67.9 cm³/mol. The predicted octanol–water partition coefficient (Wildman–Crippen LogP) is 2.73. The lowest BCUT2D eigenvalue weighted by Gasteiger charge is -2.21. The van der Waals surface area contributed by atoms with Gasteiger partial charge < -0.3 is 0 Å². The monoisotopic (exact) mass is 262 g/mol. The summed E-state index contributed by atoms with van der Waals surface area (Å²) in [6.45, 7) is -0.327. The average Bonchev–Trinajstić information content (AvgIpc) is 2.79. The minimum atomic E-state index is -0.461. The van der Waals surface area contributed by atoms with E-state index in [-0.39, 0.29) is 17.8 Å². The molecule has 1 aliphatic rings. The van der Waals surface area contributed by atoms with Crippen LogP contribution in [0.5, 0.6) is 0 Å². The normalized spacial score (nSPS) is 18.6. The van der Waals surface area contributed by atoms with Crippen LogP contribution in [-0.2, 0) is 4.79 Å². The van der Waals surface area contributed by atoms with Gasteiger partial charge in [-0.1, -0.05) is 47.2 Å². The van der Waals surface area contributed by atoms with Gasteiger partial charge in [0.05, 0.1) is 6.04 Å². The molecular formula is C11H10N4O2S. The fraction of sp³-hybridized carbons (Fsp3) is 0.273. The Bertz CT molecular complexity index is 513. The number of rotatable bonds is 3. The number of thioether (sulfide) groups is 1. The summed E-state index contributed by atoms with van der Waals surface area (Å²) in [5, 5.41) is 2.92. The highest BCUT2D eigenvalue weighted by atomic mass is 32.2. The van der Waals surface area contributed by atoms with Crippen molar-refractivity contribution in [1.82, 2.24) is 4.90 Å². The number of carbonyl (C=O) groups excluding carboxylic acids is 2. The van der Waals surface area contributed by atoms with Crippen molar-refractivity contribution in [3.63, 3.8) is 0 Å². The zero-order chi connectivity index (χ0) is 13.0. The van der Waals surface area contributed by atoms with Crippen LogP contribution in [0, 0.1) is 0 Å². The molecule has 0 bridgehead atoms. The highest BCUT2D eigenvalue weighted by Crippen LogP contribution is 2.34. The van der Waals surface area contributed by atoms with Gasteiger partial charge in [-0.15, -0.1) is 0 Å². The Kier molecular flexibility index (Phi) is 3.86. The van der Waals surface area contributed by atoms with Crippen molar-refractivity contribution in [2.45, 2.75) is 6.04 Å². The molecule has 1 fully saturated rings. The molecule has 6 nitrogen and oxygen atoms in total. The molecule has 0 saturated carbocycles. The molecule has 7 heteroatoms. The van der Waals surface area contributed by atoms with Gasteiger partial charge in [-0.05, 0) is 11.1 Å². The van der Waals surface area contributed by atoms with E-state index >= 15 is 0 Å². The van der Waals surface area contributed by atoms with Crippen LogP contribution in [0.4, 0.5) is 4.79 Å². The van der Waals surface area contributed by atoms with Crippen LogP contribution < -0.4 is 0 Å². The Balaban J connectivity index is 2.23. The standard InChI is InChI=1S/C11H10N4O2S/c12-14-13-6-10(16)15-9(7-18-11(15)17)8-4-2-1-3-5-8/h1-5,9H,6-7H2/t9-/m1/s1. The van der Waals surface area contributed by atoms with Crippen molar-refractivity contribution in [1.29, 1.82) is 0 Å². The molecule has 0 aromatic heterocycles. The van der Waals surface area contributed by atoms with Crippen molar-refractivity contribution in [2.24, 2.45) is 5.11 Å². The number of imide groups is 1. The molecule has 1 aromatic rings. The molecule has 0 aliphatic carbocycles. The van der Waals surface area contributed by atoms with E-state index in [1.54, 1.807) is 0 Å². The largest absolute Gasteiger partial charge is 0.288 e. The number of azide groups is 1. The van der Waals surface area contributed by atoms with Gasteiger partial charge in [-0.3, -0.25) is 14.5 Å². The highest BCUT2D eigenvalue weighted by Gasteiger charge is 2.36. The minimum absolute atomic E-state index is 0.273. The van der Waals surface area contributed by atoms with Crippen LogP contribution in [0.1, 0.15) is 11.6 Å². The van der Waals surface area contributed by atoms with Gasteiger partial charge in [0.1, 0.15) is 6.54 Å². The smallest absolute Gasteiger partial charge is 0.274 e. The molecule has 0 N–H and O–H groups in total. The van der Waals surface area contributed by atoms with Gasteiger partial charge >= 0.3 is 0 Å². The SMILES string of the molecule is [N-]=[N+]=NCC(=O)N1C(=O)SC[C@@H]1c1ccccc1. The summed E-state index contributed by atoms with van der Waals surface area (Å²) in [6.07, 6.45) is 0. The van der Waals surface area contributed by atoms with E-state index in [4.69, 9.17) is 5.53 Å². The zero-order valence-corrected chi connectivity index (χ0v) is 10.2. The Morgan fingerprint density at radius 3 is 2.89 bits per heavy atom. The summed E-state index contributed by atoms with van der Waals surface area (Å²) in [5.74, 6) is 0.0712. The average molecular weight is 262 g/mol. The van der Waals surface area contributed by atoms with E-state index < -0.39 is 5.91 Å². The molecular weight excluding hydrogens is 252 g/mol. The molecule has 92 valence electrons. The summed E-state index contributed by atoms with van der Waals surface area (Å²) >= 11 is 1.10. The summed E-state index contributed by atoms with van der Waals surface area (Å²) in [6, 6.07) is 9.07. The molecule has 1 atom stereocenters. The van der Waals surface area contributed by atoms with Gasteiger partial charge in [0, 0.05) is 10.7 Å². The first-order valence-corrected chi connectivity index (χ1v) is 6.27. The van der Waals surface area contributed by atoms with Crippen LogP contribution in [0.25, 0.3) is 10.4 Å². The molecule has 2 amide bonds. The molecule has 0 unspecified atom stereocenters. The number of benzene rings is 1. The van der Waals surface area contributed by atoms with Gasteiger partial charge in [0.15, 0.2) is 0 Å². The van der Waals surface area contributed by atoms with Gasteiger partial charge in [0.2, 0.25) is 5.91 Å². The van der Waals surface area contributed by atoms with E-state index in [1.165, 1.54) is 4.90 Å². The number of hydrogen-bond acceptors (Lipinski definition) is 4. The van der Waals surface area contributed by atoms with Crippen LogP contribution in [-0.4, -0.2) is 28.3 Å². The van der Waals surface area contributed by atoms with E-state index in [9.17, 15) is 9.59 Å². The lowest BCUT2D eigenvalue weighted by Crippen LogP contribution is -2.35. The third-order valence-electron chi connectivity index (χ3n) is 2.60. The first kappa shape index (κ1) is 12.5. The first-order valence-electron chi connectivity index (χ1n) is 5.28. The third kappa shape index (κ3) is 2.47. The molecule has 0 radical (unpaired) electrons. The summed E-state index contributed by atoms with van der Waals surface area (Å²) in [4.78, 5) is 27.2. The second kappa shape index (κ2) is 5.57. The lowest BCUT2D eigenvalue weighted by molar-refractivity contribution is -0.127. The van der Waals surface area contributed by atoms with E-state index in [1.807, 2.05) is 30.3 Å². The third-order valence-corrected chi connectivity index (χ3v) is 3.52. The number of hydrogen-bond donors (Lipinski definition) is 0. The summed E-state index contributed by atoms with van der Waals surface area (Å²) in [5.41, 5.74) is 9.11. The number of amides is 2.